The number of carbonyl (C=O) groups excluding carboxylic acids is 1. The van der Waals surface area contributed by atoms with Crippen LogP contribution in [0.5, 0.6) is 5.75 Å². The number of carbonyl (C=O) groups is 1. The number of ether oxygens (including phenoxy) is 1. The van der Waals surface area contributed by atoms with Gasteiger partial charge >= 0.3 is 0 Å². The van der Waals surface area contributed by atoms with Crippen molar-refractivity contribution in [1.82, 2.24) is 9.78 Å². The van der Waals surface area contributed by atoms with E-state index >= 15 is 0 Å². The molecular weight excluding hydrogens is 366 g/mol. The maximum absolute atomic E-state index is 13.0. The Balaban J connectivity index is 1.74. The Kier molecular flexibility index (Phi) is 5.07. The lowest BCUT2D eigenvalue weighted by Crippen LogP contribution is -2.28. The fourth-order valence-corrected chi connectivity index (χ4v) is 3.13. The topological polar surface area (TPSA) is 73.2 Å². The minimum atomic E-state index is -0.381. The fraction of sp³-hybridized carbons (Fsp3) is 0.0870. The minimum Gasteiger partial charge on any atom is -0.497 e. The summed E-state index contributed by atoms with van der Waals surface area (Å²) in [6.07, 6.45) is 0. The molecule has 1 N–H and O–H groups in total. The van der Waals surface area contributed by atoms with Gasteiger partial charge in [0.05, 0.1) is 19.0 Å². The molecule has 0 saturated heterocycles. The molecule has 29 heavy (non-hydrogen) atoms. The first-order valence-electron chi connectivity index (χ1n) is 9.15. The van der Waals surface area contributed by atoms with E-state index in [9.17, 15) is 9.59 Å². The molecule has 0 aliphatic rings. The van der Waals surface area contributed by atoms with E-state index in [1.165, 1.54) is 4.68 Å². The Bertz CT molecular complexity index is 1220. The number of rotatable bonds is 5. The Hall–Kier alpha value is -3.93. The van der Waals surface area contributed by atoms with Gasteiger partial charge in [0.15, 0.2) is 5.69 Å². The van der Waals surface area contributed by atoms with E-state index in [4.69, 9.17) is 4.74 Å². The normalized spacial score (nSPS) is 10.7. The van der Waals surface area contributed by atoms with Crippen molar-refractivity contribution in [2.75, 3.05) is 12.4 Å². The van der Waals surface area contributed by atoms with E-state index < -0.39 is 0 Å². The Labute approximate surface area is 167 Å². The van der Waals surface area contributed by atoms with E-state index in [-0.39, 0.29) is 23.7 Å². The lowest BCUT2D eigenvalue weighted by molar-refractivity contribution is 0.102. The molecule has 1 aromatic heterocycles. The maximum Gasteiger partial charge on any atom is 0.276 e. The molecule has 3 aromatic carbocycles. The number of nitrogens with zero attached hydrogens (tertiary/aromatic N) is 2. The fourth-order valence-electron chi connectivity index (χ4n) is 3.13. The van der Waals surface area contributed by atoms with Gasteiger partial charge in [-0.3, -0.25) is 9.59 Å². The summed E-state index contributed by atoms with van der Waals surface area (Å²) >= 11 is 0. The summed E-state index contributed by atoms with van der Waals surface area (Å²) in [7, 11) is 1.58. The molecule has 0 aliphatic carbocycles. The highest BCUT2D eigenvalue weighted by Gasteiger charge is 2.17. The van der Waals surface area contributed by atoms with Crippen LogP contribution in [0.15, 0.2) is 83.7 Å². The van der Waals surface area contributed by atoms with Crippen LogP contribution < -0.4 is 15.6 Å². The van der Waals surface area contributed by atoms with Crippen molar-refractivity contribution < 1.29 is 9.53 Å². The Morgan fingerprint density at radius 3 is 2.28 bits per heavy atom. The van der Waals surface area contributed by atoms with Gasteiger partial charge < -0.3 is 10.1 Å². The van der Waals surface area contributed by atoms with Crippen LogP contribution >= 0.6 is 0 Å². The molecule has 1 heterocycles. The molecule has 4 rings (SSSR count). The second-order valence-electron chi connectivity index (χ2n) is 6.53. The number of benzene rings is 3. The summed E-state index contributed by atoms with van der Waals surface area (Å²) in [5.74, 6) is 0.316. The van der Waals surface area contributed by atoms with Crippen LogP contribution in [0.4, 0.5) is 5.69 Å². The highest BCUT2D eigenvalue weighted by Crippen LogP contribution is 2.18. The summed E-state index contributed by atoms with van der Waals surface area (Å²) < 4.78 is 6.47. The number of anilines is 1. The molecular formula is C23H19N3O3. The van der Waals surface area contributed by atoms with Crippen LogP contribution in [0, 0.1) is 0 Å². The Morgan fingerprint density at radius 1 is 0.931 bits per heavy atom. The molecule has 0 atom stereocenters. The van der Waals surface area contributed by atoms with Gasteiger partial charge in [-0.2, -0.15) is 5.10 Å². The molecule has 1 amide bonds. The smallest absolute Gasteiger partial charge is 0.276 e. The predicted octanol–water partition coefficient (Wildman–Crippen LogP) is 3.71. The van der Waals surface area contributed by atoms with Gasteiger partial charge in [0.25, 0.3) is 11.5 Å². The van der Waals surface area contributed by atoms with Crippen molar-refractivity contribution in [1.29, 1.82) is 0 Å². The molecule has 0 spiro atoms. The van der Waals surface area contributed by atoms with E-state index in [0.29, 0.717) is 22.2 Å². The van der Waals surface area contributed by atoms with Crippen LogP contribution in [0.3, 0.4) is 0 Å². The predicted molar refractivity (Wildman–Crippen MR) is 112 cm³/mol. The molecule has 0 aliphatic heterocycles. The van der Waals surface area contributed by atoms with E-state index in [1.54, 1.807) is 55.6 Å². The number of fused-ring (bicyclic) bond motifs is 1. The number of nitrogens with one attached hydrogen (secondary N) is 1. The lowest BCUT2D eigenvalue weighted by Gasteiger charge is -2.12. The summed E-state index contributed by atoms with van der Waals surface area (Å²) in [4.78, 5) is 25.9. The number of amides is 1. The number of hydrogen-bond donors (Lipinski definition) is 1. The van der Waals surface area contributed by atoms with Crippen LogP contribution in [0.2, 0.25) is 0 Å². The highest BCUT2D eigenvalue weighted by atomic mass is 16.5. The SMILES string of the molecule is COc1ccc(NC(=O)c2nn(Cc3ccccc3)c(=O)c3ccccc23)cc1. The Morgan fingerprint density at radius 2 is 1.59 bits per heavy atom. The van der Waals surface area contributed by atoms with Gasteiger partial charge in [-0.1, -0.05) is 48.5 Å². The zero-order valence-corrected chi connectivity index (χ0v) is 15.8. The molecule has 0 saturated carbocycles. The van der Waals surface area contributed by atoms with Gasteiger partial charge in [0.2, 0.25) is 0 Å². The summed E-state index contributed by atoms with van der Waals surface area (Å²) in [5.41, 5.74) is 1.51. The van der Waals surface area contributed by atoms with Gasteiger partial charge in [0, 0.05) is 11.1 Å². The third kappa shape index (κ3) is 3.87. The van der Waals surface area contributed by atoms with Crippen LogP contribution in [0.1, 0.15) is 16.1 Å². The van der Waals surface area contributed by atoms with Crippen LogP contribution in [-0.2, 0) is 6.54 Å². The average Bonchev–Trinajstić information content (AvgIpc) is 2.77. The second kappa shape index (κ2) is 7.98. The quantitative estimate of drug-likeness (QED) is 0.568. The van der Waals surface area contributed by atoms with Crippen LogP contribution in [0.25, 0.3) is 10.8 Å². The molecule has 0 radical (unpaired) electrons. The highest BCUT2D eigenvalue weighted by molar-refractivity contribution is 6.11. The molecule has 0 unspecified atom stereocenters. The minimum absolute atomic E-state index is 0.201. The number of hydrogen-bond acceptors (Lipinski definition) is 4. The largest absolute Gasteiger partial charge is 0.497 e. The van der Waals surface area contributed by atoms with Gasteiger partial charge in [-0.05, 0) is 35.9 Å². The lowest BCUT2D eigenvalue weighted by atomic mass is 10.1. The van der Waals surface area contributed by atoms with Crippen molar-refractivity contribution in [3.05, 3.63) is 100 Å². The van der Waals surface area contributed by atoms with Crippen molar-refractivity contribution in [3.8, 4) is 5.75 Å². The summed E-state index contributed by atoms with van der Waals surface area (Å²) in [6, 6.07) is 23.6. The summed E-state index contributed by atoms with van der Waals surface area (Å²) in [5, 5.41) is 8.21. The molecule has 0 fully saturated rings. The third-order valence-corrected chi connectivity index (χ3v) is 4.61. The van der Waals surface area contributed by atoms with Gasteiger partial charge in [-0.25, -0.2) is 4.68 Å². The van der Waals surface area contributed by atoms with E-state index in [1.807, 2.05) is 30.3 Å². The van der Waals surface area contributed by atoms with Crippen molar-refractivity contribution in [2.45, 2.75) is 6.54 Å². The van der Waals surface area contributed by atoms with Gasteiger partial charge in [0.1, 0.15) is 5.75 Å². The van der Waals surface area contributed by atoms with Crippen LogP contribution in [-0.4, -0.2) is 22.8 Å². The zero-order valence-electron chi connectivity index (χ0n) is 15.8. The monoisotopic (exact) mass is 385 g/mol. The first-order valence-corrected chi connectivity index (χ1v) is 9.15. The second-order valence-corrected chi connectivity index (χ2v) is 6.53. The third-order valence-electron chi connectivity index (χ3n) is 4.61. The molecule has 144 valence electrons. The van der Waals surface area contributed by atoms with Gasteiger partial charge in [-0.15, -0.1) is 0 Å². The molecule has 6 heteroatoms. The standard InChI is InChI=1S/C23H19N3O3/c1-29-18-13-11-17(12-14-18)24-22(27)21-19-9-5-6-10-20(19)23(28)26(25-21)15-16-7-3-2-4-8-16/h2-14H,15H2,1H3,(H,24,27). The summed E-state index contributed by atoms with van der Waals surface area (Å²) in [6.45, 7) is 0.285. The number of aromatic nitrogens is 2. The number of methoxy groups -OCH3 is 1. The van der Waals surface area contributed by atoms with Crippen molar-refractivity contribution >= 4 is 22.4 Å². The van der Waals surface area contributed by atoms with Crippen molar-refractivity contribution in [3.63, 3.8) is 0 Å². The molecule has 4 aromatic rings. The van der Waals surface area contributed by atoms with Crippen molar-refractivity contribution in [2.24, 2.45) is 0 Å². The molecule has 6 nitrogen and oxygen atoms in total. The average molecular weight is 385 g/mol. The first kappa shape index (κ1) is 18.4. The first-order chi connectivity index (χ1) is 14.2. The van der Waals surface area contributed by atoms with E-state index in [2.05, 4.69) is 10.4 Å². The molecule has 0 bridgehead atoms. The zero-order chi connectivity index (χ0) is 20.2. The van der Waals surface area contributed by atoms with E-state index in [0.717, 1.165) is 5.56 Å². The maximum atomic E-state index is 13.0.